The first kappa shape index (κ1) is 16.1. The average molecular weight is 337 g/mol. The second-order valence-corrected chi connectivity index (χ2v) is 6.48. The largest absolute Gasteiger partial charge is 0.497 e. The van der Waals surface area contributed by atoms with Crippen LogP contribution in [0.15, 0.2) is 42.7 Å². The number of imidazole rings is 1. The molecule has 4 rings (SSSR count). The molecule has 0 aliphatic carbocycles. The molecule has 1 fully saturated rings. The van der Waals surface area contributed by atoms with Crippen molar-refractivity contribution in [2.24, 2.45) is 0 Å². The van der Waals surface area contributed by atoms with Crippen molar-refractivity contribution in [2.45, 2.75) is 13.1 Å². The number of piperazine rings is 1. The number of pyridine rings is 1. The van der Waals surface area contributed by atoms with E-state index in [1.54, 1.807) is 7.11 Å². The lowest BCUT2D eigenvalue weighted by molar-refractivity contribution is 0.120. The number of hydrogen-bond acceptors (Lipinski definition) is 5. The van der Waals surface area contributed by atoms with Gasteiger partial charge >= 0.3 is 0 Å². The zero-order valence-electron chi connectivity index (χ0n) is 14.5. The molecule has 1 aliphatic heterocycles. The van der Waals surface area contributed by atoms with Crippen LogP contribution >= 0.6 is 0 Å². The molecule has 25 heavy (non-hydrogen) atoms. The molecule has 0 saturated carbocycles. The standard InChI is InChI=1S/C19H23N5O/c1-25-16-4-5-17-18(11-16)22-19(21-17)14-24-9-7-23(8-10-24)13-15-3-2-6-20-12-15/h2-6,11-12H,7-10,13-14H2,1H3,(H,21,22). The third-order valence-corrected chi connectivity index (χ3v) is 4.71. The smallest absolute Gasteiger partial charge is 0.121 e. The molecule has 0 unspecified atom stereocenters. The van der Waals surface area contributed by atoms with E-state index in [-0.39, 0.29) is 0 Å². The zero-order chi connectivity index (χ0) is 17.1. The fourth-order valence-corrected chi connectivity index (χ4v) is 3.31. The van der Waals surface area contributed by atoms with E-state index in [4.69, 9.17) is 9.72 Å². The highest BCUT2D eigenvalue weighted by atomic mass is 16.5. The Morgan fingerprint density at radius 2 is 1.88 bits per heavy atom. The van der Waals surface area contributed by atoms with Crippen LogP contribution in [0, 0.1) is 0 Å². The molecule has 0 atom stereocenters. The summed E-state index contributed by atoms with van der Waals surface area (Å²) in [5, 5.41) is 0. The third kappa shape index (κ3) is 3.81. The Morgan fingerprint density at radius 3 is 2.60 bits per heavy atom. The van der Waals surface area contributed by atoms with Gasteiger partial charge in [-0.1, -0.05) is 6.07 Å². The van der Waals surface area contributed by atoms with Crippen molar-refractivity contribution in [3.8, 4) is 5.75 Å². The minimum Gasteiger partial charge on any atom is -0.497 e. The van der Waals surface area contributed by atoms with Gasteiger partial charge in [0.2, 0.25) is 0 Å². The first-order valence-electron chi connectivity index (χ1n) is 8.66. The van der Waals surface area contributed by atoms with Gasteiger partial charge in [-0.2, -0.15) is 0 Å². The molecule has 0 amide bonds. The molecule has 0 radical (unpaired) electrons. The van der Waals surface area contributed by atoms with E-state index >= 15 is 0 Å². The van der Waals surface area contributed by atoms with Gasteiger partial charge in [-0.05, 0) is 23.8 Å². The molecule has 6 nitrogen and oxygen atoms in total. The summed E-state index contributed by atoms with van der Waals surface area (Å²) in [7, 11) is 1.68. The van der Waals surface area contributed by atoms with Crippen LogP contribution in [0.3, 0.4) is 0 Å². The summed E-state index contributed by atoms with van der Waals surface area (Å²) < 4.78 is 5.27. The van der Waals surface area contributed by atoms with Gasteiger partial charge in [0.05, 0.1) is 24.7 Å². The third-order valence-electron chi connectivity index (χ3n) is 4.71. The molecule has 1 N–H and O–H groups in total. The van der Waals surface area contributed by atoms with Gasteiger partial charge in [0, 0.05) is 51.2 Å². The van der Waals surface area contributed by atoms with Gasteiger partial charge in [0.15, 0.2) is 0 Å². The molecule has 130 valence electrons. The van der Waals surface area contributed by atoms with Crippen molar-refractivity contribution >= 4 is 11.0 Å². The Hall–Kier alpha value is -2.44. The lowest BCUT2D eigenvalue weighted by Gasteiger charge is -2.34. The number of fused-ring (bicyclic) bond motifs is 1. The Kier molecular flexibility index (Phi) is 4.63. The van der Waals surface area contributed by atoms with Crippen LogP contribution in [-0.4, -0.2) is 58.0 Å². The molecular weight excluding hydrogens is 314 g/mol. The number of hydrogen-bond donors (Lipinski definition) is 1. The molecule has 0 bridgehead atoms. The number of H-pyrrole nitrogens is 1. The molecule has 1 aromatic carbocycles. The van der Waals surface area contributed by atoms with Crippen LogP contribution in [0.1, 0.15) is 11.4 Å². The highest BCUT2D eigenvalue weighted by Crippen LogP contribution is 2.19. The average Bonchev–Trinajstić information content (AvgIpc) is 3.05. The van der Waals surface area contributed by atoms with Crippen LogP contribution in [0.4, 0.5) is 0 Å². The summed E-state index contributed by atoms with van der Waals surface area (Å²) in [4.78, 5) is 17.2. The van der Waals surface area contributed by atoms with E-state index in [0.717, 1.165) is 61.9 Å². The van der Waals surface area contributed by atoms with E-state index in [1.165, 1.54) is 5.56 Å². The zero-order valence-corrected chi connectivity index (χ0v) is 14.5. The van der Waals surface area contributed by atoms with Gasteiger partial charge in [-0.3, -0.25) is 14.8 Å². The van der Waals surface area contributed by atoms with Crippen molar-refractivity contribution in [3.05, 3.63) is 54.1 Å². The second-order valence-electron chi connectivity index (χ2n) is 6.48. The van der Waals surface area contributed by atoms with Gasteiger partial charge < -0.3 is 9.72 Å². The van der Waals surface area contributed by atoms with Crippen molar-refractivity contribution < 1.29 is 4.74 Å². The highest BCUT2D eigenvalue weighted by Gasteiger charge is 2.18. The predicted octanol–water partition coefficient (Wildman–Crippen LogP) is 2.28. The van der Waals surface area contributed by atoms with Crippen LogP contribution in [-0.2, 0) is 13.1 Å². The molecule has 3 aromatic rings. The minimum atomic E-state index is 0.853. The van der Waals surface area contributed by atoms with E-state index in [9.17, 15) is 0 Å². The van der Waals surface area contributed by atoms with Gasteiger partial charge in [-0.15, -0.1) is 0 Å². The molecule has 6 heteroatoms. The summed E-state index contributed by atoms with van der Waals surface area (Å²) >= 11 is 0. The monoisotopic (exact) mass is 337 g/mol. The Labute approximate surface area is 147 Å². The van der Waals surface area contributed by atoms with E-state index in [1.807, 2.05) is 36.7 Å². The Bertz CT molecular complexity index is 824. The summed E-state index contributed by atoms with van der Waals surface area (Å²) in [5.74, 6) is 1.87. The van der Waals surface area contributed by atoms with Gasteiger partial charge in [0.1, 0.15) is 11.6 Å². The first-order valence-corrected chi connectivity index (χ1v) is 8.66. The number of ether oxygens (including phenoxy) is 1. The number of methoxy groups -OCH3 is 1. The maximum absolute atomic E-state index is 5.27. The predicted molar refractivity (Wildman–Crippen MR) is 97.4 cm³/mol. The van der Waals surface area contributed by atoms with Crippen molar-refractivity contribution in [1.29, 1.82) is 0 Å². The molecular formula is C19H23N5O. The number of aromatic amines is 1. The Morgan fingerprint density at radius 1 is 1.08 bits per heavy atom. The number of nitrogens with one attached hydrogen (secondary N) is 1. The fourth-order valence-electron chi connectivity index (χ4n) is 3.31. The fraction of sp³-hybridized carbons (Fsp3) is 0.368. The molecule has 1 aliphatic rings. The number of aromatic nitrogens is 3. The molecule has 0 spiro atoms. The van der Waals surface area contributed by atoms with Crippen molar-refractivity contribution in [1.82, 2.24) is 24.8 Å². The topological polar surface area (TPSA) is 57.3 Å². The Balaban J connectivity index is 1.34. The van der Waals surface area contributed by atoms with Gasteiger partial charge in [-0.25, -0.2) is 4.98 Å². The quantitative estimate of drug-likeness (QED) is 0.774. The summed E-state index contributed by atoms with van der Waals surface area (Å²) in [6.45, 7) is 6.09. The summed E-state index contributed by atoms with van der Waals surface area (Å²) in [5.41, 5.74) is 3.30. The van der Waals surface area contributed by atoms with Crippen LogP contribution < -0.4 is 4.74 Å². The molecule has 2 aromatic heterocycles. The highest BCUT2D eigenvalue weighted by molar-refractivity contribution is 5.76. The summed E-state index contributed by atoms with van der Waals surface area (Å²) in [6.07, 6.45) is 3.78. The van der Waals surface area contributed by atoms with Crippen LogP contribution in [0.25, 0.3) is 11.0 Å². The number of benzene rings is 1. The summed E-state index contributed by atoms with van der Waals surface area (Å²) in [6, 6.07) is 10.1. The maximum atomic E-state index is 5.27. The lowest BCUT2D eigenvalue weighted by atomic mass is 10.2. The normalized spacial score (nSPS) is 16.4. The molecule has 1 saturated heterocycles. The van der Waals surface area contributed by atoms with Crippen LogP contribution in [0.5, 0.6) is 5.75 Å². The van der Waals surface area contributed by atoms with Crippen molar-refractivity contribution in [3.63, 3.8) is 0 Å². The molecule has 3 heterocycles. The number of rotatable bonds is 5. The van der Waals surface area contributed by atoms with E-state index in [0.29, 0.717) is 0 Å². The first-order chi connectivity index (χ1) is 12.3. The van der Waals surface area contributed by atoms with E-state index in [2.05, 4.69) is 25.8 Å². The van der Waals surface area contributed by atoms with Gasteiger partial charge in [0.25, 0.3) is 0 Å². The lowest BCUT2D eigenvalue weighted by Crippen LogP contribution is -2.45. The SMILES string of the molecule is COc1ccc2nc(CN3CCN(Cc4cccnc4)CC3)[nH]c2c1. The van der Waals surface area contributed by atoms with E-state index < -0.39 is 0 Å². The maximum Gasteiger partial charge on any atom is 0.121 e. The second kappa shape index (κ2) is 7.21. The van der Waals surface area contributed by atoms with Crippen molar-refractivity contribution in [2.75, 3.05) is 33.3 Å². The number of nitrogens with zero attached hydrogens (tertiary/aromatic N) is 4. The van der Waals surface area contributed by atoms with Crippen LogP contribution in [0.2, 0.25) is 0 Å². The minimum absolute atomic E-state index is 0.853.